The van der Waals surface area contributed by atoms with Crippen LogP contribution in [0.1, 0.15) is 29.3 Å². The van der Waals surface area contributed by atoms with Gasteiger partial charge in [-0.05, 0) is 6.92 Å². The van der Waals surface area contributed by atoms with Gasteiger partial charge in [0.2, 0.25) is 0 Å². The van der Waals surface area contributed by atoms with Crippen LogP contribution in [-0.4, -0.2) is 47.1 Å². The minimum Gasteiger partial charge on any atom is -0.464 e. The molecule has 10 nitrogen and oxygen atoms in total. The summed E-state index contributed by atoms with van der Waals surface area (Å²) in [5.41, 5.74) is 0.991. The summed E-state index contributed by atoms with van der Waals surface area (Å²) in [5.74, 6) is -0.642. The number of H-pyrrole nitrogens is 1. The second kappa shape index (κ2) is 5.60. The van der Waals surface area contributed by atoms with Gasteiger partial charge in [0.05, 0.1) is 18.7 Å². The van der Waals surface area contributed by atoms with Crippen molar-refractivity contribution in [3.05, 3.63) is 17.0 Å². The highest BCUT2D eigenvalue weighted by Gasteiger charge is 2.29. The van der Waals surface area contributed by atoms with Crippen LogP contribution in [0.25, 0.3) is 0 Å². The molecular formula is C8H10N6O4S2. The third-order valence-electron chi connectivity index (χ3n) is 2.24. The van der Waals surface area contributed by atoms with E-state index in [9.17, 15) is 13.2 Å². The van der Waals surface area contributed by atoms with Crippen molar-refractivity contribution >= 4 is 27.3 Å². The van der Waals surface area contributed by atoms with Crippen LogP contribution in [-0.2, 0) is 14.8 Å². The molecule has 0 aliphatic carbocycles. The van der Waals surface area contributed by atoms with Crippen LogP contribution in [0.2, 0.25) is 0 Å². The monoisotopic (exact) mass is 318 g/mol. The summed E-state index contributed by atoms with van der Waals surface area (Å²) in [5, 5.41) is 12.9. The predicted octanol–water partition coefficient (Wildman–Crippen LogP) is -0.518. The molecule has 0 saturated carbocycles. The van der Waals surface area contributed by atoms with Gasteiger partial charge in [-0.25, -0.2) is 18.2 Å². The lowest BCUT2D eigenvalue weighted by Crippen LogP contribution is -2.28. The van der Waals surface area contributed by atoms with E-state index in [4.69, 9.17) is 0 Å². The zero-order valence-corrected chi connectivity index (χ0v) is 12.0. The van der Waals surface area contributed by atoms with E-state index < -0.39 is 22.0 Å². The van der Waals surface area contributed by atoms with E-state index in [1.807, 2.05) is 0 Å². The topological polar surface area (TPSA) is 140 Å². The number of sulfonamides is 1. The molecule has 2 aromatic rings. The van der Waals surface area contributed by atoms with E-state index >= 15 is 0 Å². The normalized spacial score (nSPS) is 13.1. The molecule has 12 heteroatoms. The lowest BCUT2D eigenvalue weighted by Gasteiger charge is -2.09. The second-order valence-electron chi connectivity index (χ2n) is 3.59. The van der Waals surface area contributed by atoms with E-state index in [1.54, 1.807) is 6.92 Å². The van der Waals surface area contributed by atoms with Crippen molar-refractivity contribution in [3.8, 4) is 0 Å². The fourth-order valence-electron chi connectivity index (χ4n) is 1.35. The fraction of sp³-hybridized carbons (Fsp3) is 0.375. The number of nitrogens with one attached hydrogen (secondary N) is 2. The van der Waals surface area contributed by atoms with Gasteiger partial charge in [-0.2, -0.15) is 9.94 Å². The molecule has 0 spiro atoms. The lowest BCUT2D eigenvalue weighted by molar-refractivity contribution is 0.0590. The molecule has 0 aliphatic rings. The van der Waals surface area contributed by atoms with Gasteiger partial charge in [-0.1, -0.05) is 5.21 Å². The minimum absolute atomic E-state index is 0.178. The third-order valence-corrected chi connectivity index (χ3v) is 5.15. The quantitative estimate of drug-likeness (QED) is 0.702. The number of nitrogens with zero attached hydrogens (tertiary/aromatic N) is 4. The molecular weight excluding hydrogens is 308 g/mol. The summed E-state index contributed by atoms with van der Waals surface area (Å²) >= 11 is 0.813. The number of carbonyl (C=O) groups is 1. The van der Waals surface area contributed by atoms with Crippen molar-refractivity contribution in [2.24, 2.45) is 0 Å². The SMILES string of the molecule is COC(=O)c1ncsc1S(=O)(=O)NC(C)c1nn[nH]n1. The molecule has 2 heterocycles. The summed E-state index contributed by atoms with van der Waals surface area (Å²) in [4.78, 5) is 15.1. The Morgan fingerprint density at radius 3 is 2.90 bits per heavy atom. The summed E-state index contributed by atoms with van der Waals surface area (Å²) in [6, 6.07) is -0.716. The second-order valence-corrected chi connectivity index (χ2v) is 6.36. The molecule has 0 bridgehead atoms. The number of tetrazole rings is 1. The number of thiazole rings is 1. The maximum absolute atomic E-state index is 12.2. The molecule has 0 radical (unpaired) electrons. The minimum atomic E-state index is -3.94. The maximum Gasteiger partial charge on any atom is 0.358 e. The smallest absolute Gasteiger partial charge is 0.358 e. The molecule has 1 atom stereocenters. The number of carbonyl (C=O) groups excluding carboxylic acids is 1. The van der Waals surface area contributed by atoms with E-state index in [-0.39, 0.29) is 15.7 Å². The van der Waals surface area contributed by atoms with Gasteiger partial charge in [0.15, 0.2) is 15.7 Å². The lowest BCUT2D eigenvalue weighted by atomic mass is 10.4. The summed E-state index contributed by atoms with van der Waals surface area (Å²) in [6.07, 6.45) is 0. The first-order chi connectivity index (χ1) is 9.45. The molecule has 2 rings (SSSR count). The number of hydrogen-bond donors (Lipinski definition) is 2. The Balaban J connectivity index is 2.27. The molecule has 0 fully saturated rings. The van der Waals surface area contributed by atoms with Crippen molar-refractivity contribution in [2.45, 2.75) is 17.2 Å². The van der Waals surface area contributed by atoms with Crippen molar-refractivity contribution in [2.75, 3.05) is 7.11 Å². The first-order valence-electron chi connectivity index (χ1n) is 5.23. The predicted molar refractivity (Wildman–Crippen MR) is 66.4 cm³/mol. The van der Waals surface area contributed by atoms with Gasteiger partial charge in [-0.3, -0.25) is 0 Å². The first kappa shape index (κ1) is 14.5. The Hall–Kier alpha value is -1.92. The van der Waals surface area contributed by atoms with Crippen LogP contribution in [0.4, 0.5) is 0 Å². The highest BCUT2D eigenvalue weighted by atomic mass is 32.2. The first-order valence-corrected chi connectivity index (χ1v) is 7.59. The Labute approximate surface area is 117 Å². The molecule has 0 saturated heterocycles. The van der Waals surface area contributed by atoms with Crippen LogP contribution < -0.4 is 4.72 Å². The molecule has 1 unspecified atom stereocenters. The Bertz CT molecular complexity index is 694. The summed E-state index contributed by atoms with van der Waals surface area (Å²) in [7, 11) is -2.80. The molecule has 20 heavy (non-hydrogen) atoms. The highest BCUT2D eigenvalue weighted by Crippen LogP contribution is 2.22. The van der Waals surface area contributed by atoms with Gasteiger partial charge in [0, 0.05) is 0 Å². The molecule has 0 aromatic carbocycles. The van der Waals surface area contributed by atoms with Gasteiger partial charge in [0.1, 0.15) is 0 Å². The average Bonchev–Trinajstić information content (AvgIpc) is 3.08. The number of aromatic amines is 1. The zero-order chi connectivity index (χ0) is 14.8. The number of methoxy groups -OCH3 is 1. The largest absolute Gasteiger partial charge is 0.464 e. The van der Waals surface area contributed by atoms with Crippen molar-refractivity contribution in [1.82, 2.24) is 30.3 Å². The van der Waals surface area contributed by atoms with E-state index in [1.165, 1.54) is 5.51 Å². The van der Waals surface area contributed by atoms with Crippen LogP contribution in [0.15, 0.2) is 9.72 Å². The average molecular weight is 318 g/mol. The highest BCUT2D eigenvalue weighted by molar-refractivity contribution is 7.91. The van der Waals surface area contributed by atoms with Crippen molar-refractivity contribution < 1.29 is 17.9 Å². The molecule has 108 valence electrons. The van der Waals surface area contributed by atoms with E-state index in [0.29, 0.717) is 0 Å². The number of aromatic nitrogens is 5. The van der Waals surface area contributed by atoms with Gasteiger partial charge < -0.3 is 4.74 Å². The number of rotatable bonds is 5. The Morgan fingerprint density at radius 1 is 1.55 bits per heavy atom. The van der Waals surface area contributed by atoms with Crippen LogP contribution in [0.3, 0.4) is 0 Å². The molecule has 0 amide bonds. The maximum atomic E-state index is 12.2. The number of esters is 1. The molecule has 0 aliphatic heterocycles. The van der Waals surface area contributed by atoms with Crippen molar-refractivity contribution in [3.63, 3.8) is 0 Å². The summed E-state index contributed by atoms with van der Waals surface area (Å²) in [6.45, 7) is 1.54. The third kappa shape index (κ3) is 2.81. The zero-order valence-electron chi connectivity index (χ0n) is 10.4. The Kier molecular flexibility index (Phi) is 4.06. The number of ether oxygens (including phenoxy) is 1. The van der Waals surface area contributed by atoms with E-state index in [2.05, 4.69) is 35.1 Å². The fourth-order valence-corrected chi connectivity index (χ4v) is 3.70. The van der Waals surface area contributed by atoms with Gasteiger partial charge >= 0.3 is 5.97 Å². The van der Waals surface area contributed by atoms with Crippen molar-refractivity contribution in [1.29, 1.82) is 0 Å². The van der Waals surface area contributed by atoms with Gasteiger partial charge in [-0.15, -0.1) is 21.5 Å². The number of hydrogen-bond acceptors (Lipinski definition) is 9. The van der Waals surface area contributed by atoms with Crippen LogP contribution in [0.5, 0.6) is 0 Å². The van der Waals surface area contributed by atoms with Crippen LogP contribution in [0, 0.1) is 0 Å². The molecule has 2 N–H and O–H groups in total. The van der Waals surface area contributed by atoms with Crippen LogP contribution >= 0.6 is 11.3 Å². The Morgan fingerprint density at radius 2 is 2.30 bits per heavy atom. The summed E-state index contributed by atoms with van der Waals surface area (Å²) < 4.78 is 31.0. The van der Waals surface area contributed by atoms with Gasteiger partial charge in [0.25, 0.3) is 10.0 Å². The van der Waals surface area contributed by atoms with E-state index in [0.717, 1.165) is 18.4 Å². The standard InChI is InChI=1S/C8H10N6O4S2/c1-4(6-10-13-14-11-6)12-20(16,17)8-5(7(15)18-2)9-3-19-8/h3-4,12H,1-2H3,(H,10,11,13,14). The molecule has 2 aromatic heterocycles.